The predicted molar refractivity (Wildman–Crippen MR) is 86.4 cm³/mol. The molecule has 0 aliphatic rings. The first-order valence-electron chi connectivity index (χ1n) is 6.49. The van der Waals surface area contributed by atoms with Gasteiger partial charge in [0.25, 0.3) is 0 Å². The van der Waals surface area contributed by atoms with E-state index in [1.165, 1.54) is 0 Å². The zero-order chi connectivity index (χ0) is 14.9. The largest absolute Gasteiger partial charge is 0.496 e. The van der Waals surface area contributed by atoms with E-state index in [0.29, 0.717) is 0 Å². The van der Waals surface area contributed by atoms with Crippen molar-refractivity contribution in [2.75, 3.05) is 7.11 Å². The molecule has 2 aromatic carbocycles. The van der Waals surface area contributed by atoms with Gasteiger partial charge >= 0.3 is 0 Å². The summed E-state index contributed by atoms with van der Waals surface area (Å²) >= 11 is 12.8. The molecule has 0 saturated heterocycles. The van der Waals surface area contributed by atoms with Gasteiger partial charge in [0.2, 0.25) is 0 Å². The Morgan fingerprint density at radius 1 is 0.950 bits per heavy atom. The third-order valence-electron chi connectivity index (χ3n) is 3.48. The summed E-state index contributed by atoms with van der Waals surface area (Å²) in [5.41, 5.74) is 5.33. The minimum Gasteiger partial charge on any atom is -0.496 e. The van der Waals surface area contributed by atoms with Crippen LogP contribution in [0.1, 0.15) is 33.2 Å². The Morgan fingerprint density at radius 3 is 2.30 bits per heavy atom. The molecule has 1 unspecified atom stereocenters. The van der Waals surface area contributed by atoms with Gasteiger partial charge in [-0.3, -0.25) is 0 Å². The second kappa shape index (κ2) is 6.07. The number of aryl methyl sites for hydroxylation is 3. The first kappa shape index (κ1) is 15.2. The second-order valence-electron chi connectivity index (χ2n) is 5.07. The first-order valence-corrected chi connectivity index (χ1v) is 7.30. The van der Waals surface area contributed by atoms with Gasteiger partial charge in [0, 0.05) is 10.6 Å². The van der Waals surface area contributed by atoms with Gasteiger partial charge in [-0.05, 0) is 49.6 Å². The fourth-order valence-electron chi connectivity index (χ4n) is 2.30. The Labute approximate surface area is 130 Å². The van der Waals surface area contributed by atoms with Gasteiger partial charge in [-0.2, -0.15) is 0 Å². The third kappa shape index (κ3) is 2.94. The number of rotatable bonds is 3. The van der Waals surface area contributed by atoms with E-state index in [4.69, 9.17) is 27.9 Å². The highest BCUT2D eigenvalue weighted by molar-refractivity contribution is 6.31. The van der Waals surface area contributed by atoms with E-state index in [0.717, 1.165) is 38.6 Å². The molecule has 0 bridgehead atoms. The van der Waals surface area contributed by atoms with Crippen molar-refractivity contribution in [2.45, 2.75) is 26.1 Å². The molecular formula is C17H18Cl2O. The van der Waals surface area contributed by atoms with Crippen LogP contribution in [0, 0.1) is 20.8 Å². The van der Waals surface area contributed by atoms with Crippen LogP contribution in [0.5, 0.6) is 5.75 Å². The van der Waals surface area contributed by atoms with Crippen LogP contribution < -0.4 is 4.74 Å². The average Bonchev–Trinajstić information content (AvgIpc) is 2.42. The number of methoxy groups -OCH3 is 1. The predicted octanol–water partition coefficient (Wildman–Crippen LogP) is 5.60. The number of hydrogen-bond acceptors (Lipinski definition) is 1. The van der Waals surface area contributed by atoms with Crippen molar-refractivity contribution in [1.29, 1.82) is 0 Å². The molecule has 0 aliphatic carbocycles. The van der Waals surface area contributed by atoms with Crippen LogP contribution >= 0.6 is 23.2 Å². The van der Waals surface area contributed by atoms with E-state index in [9.17, 15) is 0 Å². The molecule has 2 aromatic rings. The highest BCUT2D eigenvalue weighted by Crippen LogP contribution is 2.38. The van der Waals surface area contributed by atoms with Crippen LogP contribution in [0.25, 0.3) is 0 Å². The Balaban J connectivity index is 2.54. The standard InChI is InChI=1S/C17H18Cl2O/c1-10-5-6-16(20-4)14(7-10)17(19)13-8-12(3)15(18)9-11(13)2/h5-9,17H,1-4H3. The van der Waals surface area contributed by atoms with Crippen LogP contribution in [0.15, 0.2) is 30.3 Å². The lowest BCUT2D eigenvalue weighted by Gasteiger charge is -2.18. The van der Waals surface area contributed by atoms with Crippen molar-refractivity contribution in [3.05, 3.63) is 63.2 Å². The number of ether oxygens (including phenoxy) is 1. The van der Waals surface area contributed by atoms with Crippen LogP contribution in [0.2, 0.25) is 5.02 Å². The topological polar surface area (TPSA) is 9.23 Å². The minimum absolute atomic E-state index is 0.249. The highest BCUT2D eigenvalue weighted by atomic mass is 35.5. The summed E-state index contributed by atoms with van der Waals surface area (Å²) in [6.45, 7) is 6.06. The van der Waals surface area contributed by atoms with Gasteiger partial charge in [-0.1, -0.05) is 35.4 Å². The maximum atomic E-state index is 6.69. The Morgan fingerprint density at radius 2 is 1.65 bits per heavy atom. The minimum atomic E-state index is -0.249. The maximum absolute atomic E-state index is 6.69. The van der Waals surface area contributed by atoms with Crippen molar-refractivity contribution in [3.63, 3.8) is 0 Å². The molecule has 0 aromatic heterocycles. The molecule has 2 rings (SSSR count). The summed E-state index contributed by atoms with van der Waals surface area (Å²) in [6.07, 6.45) is 0. The summed E-state index contributed by atoms with van der Waals surface area (Å²) in [5.74, 6) is 0.808. The molecule has 1 atom stereocenters. The zero-order valence-electron chi connectivity index (χ0n) is 12.1. The Bertz CT molecular complexity index is 635. The quantitative estimate of drug-likeness (QED) is 0.670. The average molecular weight is 309 g/mol. The normalized spacial score (nSPS) is 12.3. The molecular weight excluding hydrogens is 291 g/mol. The lowest BCUT2D eigenvalue weighted by atomic mass is 9.96. The fourth-order valence-corrected chi connectivity index (χ4v) is 2.92. The Kier molecular flexibility index (Phi) is 4.62. The van der Waals surface area contributed by atoms with Crippen molar-refractivity contribution < 1.29 is 4.74 Å². The van der Waals surface area contributed by atoms with Crippen molar-refractivity contribution in [1.82, 2.24) is 0 Å². The molecule has 0 aliphatic heterocycles. The number of benzene rings is 2. The van der Waals surface area contributed by atoms with E-state index in [-0.39, 0.29) is 5.38 Å². The molecule has 0 saturated carbocycles. The molecule has 3 heteroatoms. The molecule has 0 N–H and O–H groups in total. The van der Waals surface area contributed by atoms with Gasteiger partial charge in [-0.15, -0.1) is 11.6 Å². The van der Waals surface area contributed by atoms with E-state index < -0.39 is 0 Å². The third-order valence-corrected chi connectivity index (χ3v) is 4.36. The van der Waals surface area contributed by atoms with Gasteiger partial charge in [0.1, 0.15) is 5.75 Å². The molecule has 20 heavy (non-hydrogen) atoms. The fraction of sp³-hybridized carbons (Fsp3) is 0.294. The zero-order valence-corrected chi connectivity index (χ0v) is 13.6. The summed E-state index contributed by atoms with van der Waals surface area (Å²) in [6, 6.07) is 10.1. The number of halogens is 2. The SMILES string of the molecule is COc1ccc(C)cc1C(Cl)c1cc(C)c(Cl)cc1C. The monoisotopic (exact) mass is 308 g/mol. The van der Waals surface area contributed by atoms with Gasteiger partial charge in [0.05, 0.1) is 12.5 Å². The highest BCUT2D eigenvalue weighted by Gasteiger charge is 2.18. The van der Waals surface area contributed by atoms with Gasteiger partial charge < -0.3 is 4.74 Å². The second-order valence-corrected chi connectivity index (χ2v) is 5.91. The van der Waals surface area contributed by atoms with E-state index >= 15 is 0 Å². The summed E-state index contributed by atoms with van der Waals surface area (Å²) < 4.78 is 5.43. The van der Waals surface area contributed by atoms with E-state index in [1.54, 1.807) is 7.11 Å². The first-order chi connectivity index (χ1) is 9.43. The van der Waals surface area contributed by atoms with Crippen LogP contribution in [0.3, 0.4) is 0 Å². The molecule has 1 nitrogen and oxygen atoms in total. The lowest BCUT2D eigenvalue weighted by Crippen LogP contribution is -2.01. The van der Waals surface area contributed by atoms with Crippen LogP contribution in [-0.2, 0) is 0 Å². The molecule has 0 heterocycles. The van der Waals surface area contributed by atoms with E-state index in [1.807, 2.05) is 39.0 Å². The lowest BCUT2D eigenvalue weighted by molar-refractivity contribution is 0.410. The van der Waals surface area contributed by atoms with Crippen LogP contribution in [-0.4, -0.2) is 7.11 Å². The summed E-state index contributed by atoms with van der Waals surface area (Å²) in [5, 5.41) is 0.521. The molecule has 106 valence electrons. The molecule has 0 radical (unpaired) electrons. The summed E-state index contributed by atoms with van der Waals surface area (Å²) in [7, 11) is 1.66. The smallest absolute Gasteiger partial charge is 0.123 e. The van der Waals surface area contributed by atoms with Gasteiger partial charge in [-0.25, -0.2) is 0 Å². The van der Waals surface area contributed by atoms with Crippen molar-refractivity contribution >= 4 is 23.2 Å². The van der Waals surface area contributed by atoms with Gasteiger partial charge in [0.15, 0.2) is 0 Å². The van der Waals surface area contributed by atoms with Crippen molar-refractivity contribution in [3.8, 4) is 5.75 Å². The molecule has 0 spiro atoms. The summed E-state index contributed by atoms with van der Waals surface area (Å²) in [4.78, 5) is 0. The van der Waals surface area contributed by atoms with E-state index in [2.05, 4.69) is 12.1 Å². The maximum Gasteiger partial charge on any atom is 0.123 e. The molecule has 0 amide bonds. The number of alkyl halides is 1. The van der Waals surface area contributed by atoms with Crippen LogP contribution in [0.4, 0.5) is 0 Å². The molecule has 0 fully saturated rings. The Hall–Kier alpha value is -1.18. The number of hydrogen-bond donors (Lipinski definition) is 0. The van der Waals surface area contributed by atoms with Crippen molar-refractivity contribution in [2.24, 2.45) is 0 Å².